The third kappa shape index (κ3) is 5.65. The summed E-state index contributed by atoms with van der Waals surface area (Å²) in [7, 11) is 0. The van der Waals surface area contributed by atoms with Crippen molar-refractivity contribution in [3.05, 3.63) is 60.4 Å². The smallest absolute Gasteiger partial charge is 0.280 e. The number of anilines is 1. The molecular formula is C28H34N6O5. The topological polar surface area (TPSA) is 134 Å². The van der Waals surface area contributed by atoms with Crippen molar-refractivity contribution >= 4 is 17.5 Å². The molecule has 39 heavy (non-hydrogen) atoms. The zero-order chi connectivity index (χ0) is 27.2. The largest absolute Gasteiger partial charge is 0.378 e. The van der Waals surface area contributed by atoms with Gasteiger partial charge in [0.05, 0.1) is 43.7 Å². The Hall–Kier alpha value is -3.80. The molecule has 11 heteroatoms. The maximum absolute atomic E-state index is 13.6. The molecule has 2 saturated heterocycles. The first-order valence-corrected chi connectivity index (χ1v) is 13.3. The number of unbranched alkanes of at least 4 members (excludes halogenated alkanes) is 1. The number of carbonyl (C=O) groups excluding carboxylic acids is 2. The van der Waals surface area contributed by atoms with E-state index in [0.717, 1.165) is 42.9 Å². The molecule has 206 valence electrons. The molecule has 0 saturated carbocycles. The van der Waals surface area contributed by atoms with E-state index in [-0.39, 0.29) is 13.2 Å². The molecule has 5 rings (SSSR count). The van der Waals surface area contributed by atoms with Crippen molar-refractivity contribution in [2.24, 2.45) is 5.73 Å². The molecule has 2 amide bonds. The molecule has 2 aliphatic heterocycles. The van der Waals surface area contributed by atoms with Crippen molar-refractivity contribution in [1.29, 1.82) is 0 Å². The maximum atomic E-state index is 13.6. The minimum atomic E-state index is -1.70. The Morgan fingerprint density at radius 2 is 1.90 bits per heavy atom. The molecule has 2 fully saturated rings. The van der Waals surface area contributed by atoms with Crippen molar-refractivity contribution < 1.29 is 23.8 Å². The number of pyridine rings is 1. The molecule has 0 spiro atoms. The first-order chi connectivity index (χ1) is 19.0. The highest BCUT2D eigenvalue weighted by atomic mass is 16.7. The molecule has 0 bridgehead atoms. The van der Waals surface area contributed by atoms with E-state index in [1.165, 1.54) is 0 Å². The zero-order valence-corrected chi connectivity index (χ0v) is 22.0. The van der Waals surface area contributed by atoms with Crippen LogP contribution in [-0.4, -0.2) is 77.9 Å². The number of aromatic nitrogens is 3. The minimum Gasteiger partial charge on any atom is -0.378 e. The second-order valence-electron chi connectivity index (χ2n) is 9.57. The van der Waals surface area contributed by atoms with E-state index in [0.29, 0.717) is 31.0 Å². The molecule has 0 aliphatic carbocycles. The Kier molecular flexibility index (Phi) is 8.20. The molecule has 2 aromatic heterocycles. The number of nitrogens with one attached hydrogen (secondary N) is 1. The first kappa shape index (κ1) is 26.8. The van der Waals surface area contributed by atoms with E-state index in [9.17, 15) is 9.59 Å². The monoisotopic (exact) mass is 534 g/mol. The highest BCUT2D eigenvalue weighted by molar-refractivity contribution is 5.98. The van der Waals surface area contributed by atoms with Crippen molar-refractivity contribution in [1.82, 2.24) is 20.1 Å². The van der Waals surface area contributed by atoms with Gasteiger partial charge in [-0.3, -0.25) is 9.59 Å². The Balaban J connectivity index is 1.39. The number of hydrogen-bond acceptors (Lipinski definition) is 8. The van der Waals surface area contributed by atoms with Crippen LogP contribution >= 0.6 is 0 Å². The summed E-state index contributed by atoms with van der Waals surface area (Å²) in [5.74, 6) is -2.52. The fourth-order valence-electron chi connectivity index (χ4n) is 4.98. The van der Waals surface area contributed by atoms with Gasteiger partial charge in [0.25, 0.3) is 17.6 Å². The first-order valence-electron chi connectivity index (χ1n) is 13.3. The Bertz CT molecular complexity index is 1300. The van der Waals surface area contributed by atoms with Crippen LogP contribution in [0.4, 0.5) is 5.69 Å². The number of ether oxygens (including phenoxy) is 3. The van der Waals surface area contributed by atoms with Crippen LogP contribution in [0.5, 0.6) is 0 Å². The van der Waals surface area contributed by atoms with Gasteiger partial charge in [-0.15, -0.1) is 0 Å². The van der Waals surface area contributed by atoms with Gasteiger partial charge in [0, 0.05) is 36.7 Å². The number of nitrogens with zero attached hydrogens (tertiary/aromatic N) is 4. The summed E-state index contributed by atoms with van der Waals surface area (Å²) in [6.45, 7) is 5.58. The van der Waals surface area contributed by atoms with E-state index >= 15 is 0 Å². The average Bonchev–Trinajstić information content (AvgIpc) is 3.67. The van der Waals surface area contributed by atoms with Gasteiger partial charge in [-0.05, 0) is 36.8 Å². The van der Waals surface area contributed by atoms with Gasteiger partial charge in [0.2, 0.25) is 0 Å². The summed E-state index contributed by atoms with van der Waals surface area (Å²) in [4.78, 5) is 32.7. The van der Waals surface area contributed by atoms with Gasteiger partial charge >= 0.3 is 0 Å². The Morgan fingerprint density at radius 1 is 1.10 bits per heavy atom. The lowest BCUT2D eigenvalue weighted by Gasteiger charge is -2.33. The highest BCUT2D eigenvalue weighted by Crippen LogP contribution is 2.28. The molecule has 0 radical (unpaired) electrons. The molecule has 1 aromatic carbocycles. The summed E-state index contributed by atoms with van der Waals surface area (Å²) in [5, 5.41) is 7.67. The molecule has 2 aliphatic rings. The summed E-state index contributed by atoms with van der Waals surface area (Å²) < 4.78 is 18.4. The number of nitrogens with two attached hydrogens (primary N) is 1. The van der Waals surface area contributed by atoms with Gasteiger partial charge in [0.15, 0.2) is 5.82 Å². The van der Waals surface area contributed by atoms with Crippen molar-refractivity contribution in [3.8, 4) is 17.1 Å². The number of amides is 2. The predicted octanol–water partition coefficient (Wildman–Crippen LogP) is 2.29. The number of morpholine rings is 1. The third-order valence-electron chi connectivity index (χ3n) is 7.03. The van der Waals surface area contributed by atoms with Gasteiger partial charge in [0.1, 0.15) is 0 Å². The summed E-state index contributed by atoms with van der Waals surface area (Å²) in [5.41, 5.74) is 8.80. The van der Waals surface area contributed by atoms with Crippen LogP contribution in [0.2, 0.25) is 0 Å². The fourth-order valence-corrected chi connectivity index (χ4v) is 4.98. The lowest BCUT2D eigenvalue weighted by atomic mass is 9.99. The number of primary amides is 1. The number of carbonyl (C=O) groups is 2. The van der Waals surface area contributed by atoms with Crippen LogP contribution in [0.1, 0.15) is 36.5 Å². The highest BCUT2D eigenvalue weighted by Gasteiger charge is 2.50. The molecule has 1 unspecified atom stereocenters. The van der Waals surface area contributed by atoms with Crippen LogP contribution in [0, 0.1) is 0 Å². The normalized spacial score (nSPS) is 17.6. The van der Waals surface area contributed by atoms with Crippen LogP contribution in [0.3, 0.4) is 0 Å². The average molecular weight is 535 g/mol. The molecular weight excluding hydrogens is 500 g/mol. The molecule has 11 nitrogen and oxygen atoms in total. The molecule has 3 N–H and O–H groups in total. The maximum Gasteiger partial charge on any atom is 0.280 e. The number of rotatable bonds is 10. The predicted molar refractivity (Wildman–Crippen MR) is 144 cm³/mol. The van der Waals surface area contributed by atoms with Crippen molar-refractivity contribution in [2.75, 3.05) is 44.4 Å². The number of benzene rings is 1. The minimum absolute atomic E-state index is 0.225. The third-order valence-corrected chi connectivity index (χ3v) is 7.03. The van der Waals surface area contributed by atoms with E-state index in [1.54, 1.807) is 29.2 Å². The fraction of sp³-hybridized carbons (Fsp3) is 0.429. The molecule has 4 heterocycles. The van der Waals surface area contributed by atoms with E-state index in [4.69, 9.17) is 25.0 Å². The summed E-state index contributed by atoms with van der Waals surface area (Å²) in [6, 6.07) is 12.7. The van der Waals surface area contributed by atoms with Crippen LogP contribution in [0.15, 0.2) is 54.9 Å². The lowest BCUT2D eigenvalue weighted by molar-refractivity contribution is -0.190. The summed E-state index contributed by atoms with van der Waals surface area (Å²) >= 11 is 0. The van der Waals surface area contributed by atoms with Crippen molar-refractivity contribution in [2.45, 2.75) is 38.0 Å². The Labute approximate surface area is 227 Å². The Morgan fingerprint density at radius 3 is 2.64 bits per heavy atom. The second-order valence-corrected chi connectivity index (χ2v) is 9.57. The number of hydrogen-bond donors (Lipinski definition) is 2. The van der Waals surface area contributed by atoms with Gasteiger partial charge < -0.3 is 30.2 Å². The SMILES string of the molecule is CCCCC(NC(=O)c1cccnc1-n1ccc(-c2cccc(N3CCOCC3)c2)n1)C1(C(N)=O)OCCO1. The van der Waals surface area contributed by atoms with Crippen LogP contribution < -0.4 is 16.0 Å². The van der Waals surface area contributed by atoms with Crippen molar-refractivity contribution in [3.63, 3.8) is 0 Å². The van der Waals surface area contributed by atoms with Gasteiger partial charge in [-0.1, -0.05) is 31.9 Å². The second kappa shape index (κ2) is 11.9. The molecule has 3 aromatic rings. The quantitative estimate of drug-likeness (QED) is 0.405. The van der Waals surface area contributed by atoms with Gasteiger partial charge in [-0.25, -0.2) is 9.67 Å². The standard InChI is InChI=1S/C28H34N6O5/c1-2-3-9-24(28(27(29)36)38-17-18-39-28)31-26(35)22-8-5-11-30-25(22)34-12-10-23(32-34)20-6-4-7-21(19-20)33-13-15-37-16-14-33/h4-8,10-12,19,24H,2-3,9,13-18H2,1H3,(H2,29,36)(H,31,35). The molecule has 1 atom stereocenters. The van der Waals surface area contributed by atoms with Crippen LogP contribution in [-0.2, 0) is 19.0 Å². The zero-order valence-electron chi connectivity index (χ0n) is 22.0. The van der Waals surface area contributed by atoms with E-state index in [2.05, 4.69) is 27.3 Å². The van der Waals surface area contributed by atoms with E-state index in [1.807, 2.05) is 25.1 Å². The van der Waals surface area contributed by atoms with E-state index < -0.39 is 23.6 Å². The van der Waals surface area contributed by atoms with Crippen LogP contribution in [0.25, 0.3) is 17.1 Å². The summed E-state index contributed by atoms with van der Waals surface area (Å²) in [6.07, 6.45) is 5.46. The van der Waals surface area contributed by atoms with Gasteiger partial charge in [-0.2, -0.15) is 5.10 Å². The lowest BCUT2D eigenvalue weighted by Crippen LogP contribution is -2.60.